The summed E-state index contributed by atoms with van der Waals surface area (Å²) in [6, 6.07) is 10.6. The van der Waals surface area contributed by atoms with Gasteiger partial charge in [0.2, 0.25) is 0 Å². The molecule has 0 fully saturated rings. The van der Waals surface area contributed by atoms with Crippen molar-refractivity contribution < 1.29 is 9.53 Å². The molecule has 1 amide bonds. The summed E-state index contributed by atoms with van der Waals surface area (Å²) < 4.78 is 5.37. The molecule has 0 atom stereocenters. The Hall–Kier alpha value is -2.56. The molecule has 20 heavy (non-hydrogen) atoms. The number of nitrogens with zero attached hydrogens (tertiary/aromatic N) is 1. The minimum atomic E-state index is -0.184. The number of anilines is 1. The number of benzene rings is 1. The molecule has 1 aromatic carbocycles. The van der Waals surface area contributed by atoms with Gasteiger partial charge in [-0.1, -0.05) is 6.07 Å². The van der Waals surface area contributed by atoms with Gasteiger partial charge in [0.1, 0.15) is 5.75 Å². The Labute approximate surface area is 117 Å². The molecular weight excluding hydrogens is 254 g/mol. The number of hydrogen-bond acceptors (Lipinski definition) is 4. The van der Waals surface area contributed by atoms with Crippen LogP contribution in [-0.4, -0.2) is 17.5 Å². The summed E-state index contributed by atoms with van der Waals surface area (Å²) in [6.07, 6.45) is 1.69. The predicted molar refractivity (Wildman–Crippen MR) is 77.4 cm³/mol. The van der Waals surface area contributed by atoms with Gasteiger partial charge in [-0.2, -0.15) is 0 Å². The van der Waals surface area contributed by atoms with Gasteiger partial charge >= 0.3 is 0 Å². The third-order valence-electron chi connectivity index (χ3n) is 2.73. The fourth-order valence-electron chi connectivity index (χ4n) is 1.73. The van der Waals surface area contributed by atoms with E-state index < -0.39 is 0 Å². The van der Waals surface area contributed by atoms with Crippen molar-refractivity contribution in [2.24, 2.45) is 0 Å². The van der Waals surface area contributed by atoms with Crippen molar-refractivity contribution in [2.45, 2.75) is 13.5 Å². The van der Waals surface area contributed by atoms with Crippen LogP contribution in [0.2, 0.25) is 0 Å². The number of nitrogen functional groups attached to an aromatic ring is 1. The van der Waals surface area contributed by atoms with Gasteiger partial charge in [-0.05, 0) is 37.3 Å². The number of amides is 1. The molecule has 0 bridgehead atoms. The molecule has 0 radical (unpaired) electrons. The van der Waals surface area contributed by atoms with E-state index in [4.69, 9.17) is 10.5 Å². The van der Waals surface area contributed by atoms with Crippen LogP contribution in [0.15, 0.2) is 42.6 Å². The lowest BCUT2D eigenvalue weighted by atomic mass is 10.1. The SMILES string of the molecule is CCOc1cc(C(=O)NCc2ccccn2)ccc1N. The highest BCUT2D eigenvalue weighted by molar-refractivity contribution is 5.95. The van der Waals surface area contributed by atoms with Crippen LogP contribution in [0.4, 0.5) is 5.69 Å². The van der Waals surface area contributed by atoms with E-state index in [0.29, 0.717) is 30.2 Å². The highest BCUT2D eigenvalue weighted by atomic mass is 16.5. The normalized spacial score (nSPS) is 10.1. The summed E-state index contributed by atoms with van der Waals surface area (Å²) in [5.74, 6) is 0.342. The number of carbonyl (C=O) groups is 1. The topological polar surface area (TPSA) is 77.2 Å². The van der Waals surface area contributed by atoms with E-state index in [2.05, 4.69) is 10.3 Å². The number of hydrogen-bond donors (Lipinski definition) is 2. The molecule has 1 aromatic heterocycles. The summed E-state index contributed by atoms with van der Waals surface area (Å²) in [4.78, 5) is 16.2. The fraction of sp³-hybridized carbons (Fsp3) is 0.200. The summed E-state index contributed by atoms with van der Waals surface area (Å²) in [5, 5.41) is 2.81. The quantitative estimate of drug-likeness (QED) is 0.815. The van der Waals surface area contributed by atoms with Crippen molar-refractivity contribution in [2.75, 3.05) is 12.3 Å². The van der Waals surface area contributed by atoms with Crippen LogP contribution in [0.5, 0.6) is 5.75 Å². The zero-order chi connectivity index (χ0) is 14.4. The second kappa shape index (κ2) is 6.56. The minimum absolute atomic E-state index is 0.184. The smallest absolute Gasteiger partial charge is 0.251 e. The van der Waals surface area contributed by atoms with Crippen LogP contribution in [0.1, 0.15) is 23.0 Å². The maximum atomic E-state index is 12.1. The van der Waals surface area contributed by atoms with Crippen molar-refractivity contribution >= 4 is 11.6 Å². The van der Waals surface area contributed by atoms with Crippen LogP contribution in [0, 0.1) is 0 Å². The first-order valence-electron chi connectivity index (χ1n) is 6.41. The zero-order valence-electron chi connectivity index (χ0n) is 11.3. The predicted octanol–water partition coefficient (Wildman–Crippen LogP) is 1.99. The van der Waals surface area contributed by atoms with Gasteiger partial charge in [0.25, 0.3) is 5.91 Å². The number of ether oxygens (including phenoxy) is 1. The lowest BCUT2D eigenvalue weighted by molar-refractivity contribution is 0.0950. The Bertz CT molecular complexity index is 585. The Kier molecular flexibility index (Phi) is 4.55. The molecule has 5 heteroatoms. The van der Waals surface area contributed by atoms with Gasteiger partial charge in [0.05, 0.1) is 24.5 Å². The molecule has 0 unspecified atom stereocenters. The van der Waals surface area contributed by atoms with Gasteiger partial charge in [-0.25, -0.2) is 0 Å². The molecule has 104 valence electrons. The Morgan fingerprint density at radius 2 is 2.20 bits per heavy atom. The maximum absolute atomic E-state index is 12.1. The van der Waals surface area contributed by atoms with Crippen LogP contribution in [0.3, 0.4) is 0 Å². The largest absolute Gasteiger partial charge is 0.492 e. The molecule has 0 saturated carbocycles. The number of nitrogens with two attached hydrogens (primary N) is 1. The molecular formula is C15H17N3O2. The lowest BCUT2D eigenvalue weighted by Crippen LogP contribution is -2.23. The van der Waals surface area contributed by atoms with Crippen molar-refractivity contribution in [1.82, 2.24) is 10.3 Å². The van der Waals surface area contributed by atoms with Crippen LogP contribution < -0.4 is 15.8 Å². The third kappa shape index (κ3) is 3.47. The first-order valence-corrected chi connectivity index (χ1v) is 6.41. The molecule has 3 N–H and O–H groups in total. The van der Waals surface area contributed by atoms with Crippen molar-refractivity contribution in [3.63, 3.8) is 0 Å². The summed E-state index contributed by atoms with van der Waals surface area (Å²) in [7, 11) is 0. The van der Waals surface area contributed by atoms with E-state index >= 15 is 0 Å². The average molecular weight is 271 g/mol. The second-order valence-corrected chi connectivity index (χ2v) is 4.19. The van der Waals surface area contributed by atoms with Gasteiger partial charge < -0.3 is 15.8 Å². The minimum Gasteiger partial charge on any atom is -0.492 e. The highest BCUT2D eigenvalue weighted by Crippen LogP contribution is 2.22. The molecule has 5 nitrogen and oxygen atoms in total. The van der Waals surface area contributed by atoms with E-state index in [1.54, 1.807) is 24.4 Å². The van der Waals surface area contributed by atoms with E-state index in [1.165, 1.54) is 0 Å². The van der Waals surface area contributed by atoms with Crippen LogP contribution in [0.25, 0.3) is 0 Å². The molecule has 0 aliphatic rings. The molecule has 1 heterocycles. The van der Waals surface area contributed by atoms with Gasteiger partial charge in [0.15, 0.2) is 0 Å². The van der Waals surface area contributed by atoms with E-state index in [-0.39, 0.29) is 5.91 Å². The molecule has 2 rings (SSSR count). The number of pyridine rings is 1. The number of aromatic nitrogens is 1. The van der Waals surface area contributed by atoms with Gasteiger partial charge in [-0.3, -0.25) is 9.78 Å². The fourth-order valence-corrected chi connectivity index (χ4v) is 1.73. The second-order valence-electron chi connectivity index (χ2n) is 4.19. The van der Waals surface area contributed by atoms with Gasteiger partial charge in [-0.15, -0.1) is 0 Å². The Morgan fingerprint density at radius 1 is 1.35 bits per heavy atom. The van der Waals surface area contributed by atoms with E-state index in [0.717, 1.165) is 5.69 Å². The van der Waals surface area contributed by atoms with Crippen LogP contribution >= 0.6 is 0 Å². The highest BCUT2D eigenvalue weighted by Gasteiger charge is 2.09. The van der Waals surface area contributed by atoms with Crippen molar-refractivity contribution in [3.05, 3.63) is 53.9 Å². The molecule has 0 saturated heterocycles. The number of rotatable bonds is 5. The van der Waals surface area contributed by atoms with E-state index in [9.17, 15) is 4.79 Å². The summed E-state index contributed by atoms with van der Waals surface area (Å²) in [6.45, 7) is 2.75. The third-order valence-corrected chi connectivity index (χ3v) is 2.73. The maximum Gasteiger partial charge on any atom is 0.251 e. The molecule has 0 aliphatic carbocycles. The first kappa shape index (κ1) is 13.9. The van der Waals surface area contributed by atoms with Crippen molar-refractivity contribution in [3.8, 4) is 5.75 Å². The standard InChI is InChI=1S/C15H17N3O2/c1-2-20-14-9-11(6-7-13(14)16)15(19)18-10-12-5-3-4-8-17-12/h3-9H,2,10,16H2,1H3,(H,18,19). The van der Waals surface area contributed by atoms with E-state index in [1.807, 2.05) is 25.1 Å². The average Bonchev–Trinajstić information content (AvgIpc) is 2.48. The molecule has 0 spiro atoms. The Balaban J connectivity index is 2.04. The van der Waals surface area contributed by atoms with Crippen LogP contribution in [-0.2, 0) is 6.54 Å². The molecule has 2 aromatic rings. The zero-order valence-corrected chi connectivity index (χ0v) is 11.3. The van der Waals surface area contributed by atoms with Crippen molar-refractivity contribution in [1.29, 1.82) is 0 Å². The first-order chi connectivity index (χ1) is 9.70. The van der Waals surface area contributed by atoms with Gasteiger partial charge in [0, 0.05) is 11.8 Å². The lowest BCUT2D eigenvalue weighted by Gasteiger charge is -2.09. The summed E-state index contributed by atoms with van der Waals surface area (Å²) >= 11 is 0. The number of carbonyl (C=O) groups excluding carboxylic acids is 1. The molecule has 0 aliphatic heterocycles. The number of nitrogens with one attached hydrogen (secondary N) is 1. The Morgan fingerprint density at radius 3 is 2.90 bits per heavy atom. The monoisotopic (exact) mass is 271 g/mol. The summed E-state index contributed by atoms with van der Waals surface area (Å²) in [5.41, 5.74) is 7.61.